The SMILES string of the molecule is O=C(Cc1ccc(Cl)c(Cl)c1)NCC1(CBr)CC1. The summed E-state index contributed by atoms with van der Waals surface area (Å²) < 4.78 is 0. The van der Waals surface area contributed by atoms with Crippen LogP contribution in [0.2, 0.25) is 10.0 Å². The van der Waals surface area contributed by atoms with E-state index in [0.29, 0.717) is 21.9 Å². The van der Waals surface area contributed by atoms with Gasteiger partial charge in [0.15, 0.2) is 0 Å². The van der Waals surface area contributed by atoms with Gasteiger partial charge in [-0.05, 0) is 36.0 Å². The first-order chi connectivity index (χ1) is 8.54. The predicted octanol–water partition coefficient (Wildman–Crippen LogP) is 3.83. The molecular formula is C13H14BrCl2NO. The smallest absolute Gasteiger partial charge is 0.224 e. The Morgan fingerprint density at radius 2 is 2.06 bits per heavy atom. The largest absolute Gasteiger partial charge is 0.355 e. The molecule has 2 rings (SSSR count). The lowest BCUT2D eigenvalue weighted by Gasteiger charge is -2.12. The van der Waals surface area contributed by atoms with Gasteiger partial charge in [0.05, 0.1) is 16.5 Å². The van der Waals surface area contributed by atoms with Crippen LogP contribution in [0.15, 0.2) is 18.2 Å². The number of halogens is 3. The van der Waals surface area contributed by atoms with E-state index in [9.17, 15) is 4.79 Å². The fourth-order valence-electron chi connectivity index (χ4n) is 1.72. The van der Waals surface area contributed by atoms with Crippen molar-refractivity contribution in [3.05, 3.63) is 33.8 Å². The highest BCUT2D eigenvalue weighted by Crippen LogP contribution is 2.46. The van der Waals surface area contributed by atoms with E-state index < -0.39 is 0 Å². The van der Waals surface area contributed by atoms with Gasteiger partial charge in [0.25, 0.3) is 0 Å². The third-order valence-electron chi connectivity index (χ3n) is 3.25. The van der Waals surface area contributed by atoms with E-state index in [1.807, 2.05) is 6.07 Å². The summed E-state index contributed by atoms with van der Waals surface area (Å²) >= 11 is 15.2. The quantitative estimate of drug-likeness (QED) is 0.803. The Bertz CT molecular complexity index is 460. The second-order valence-corrected chi connectivity index (χ2v) is 6.21. The lowest BCUT2D eigenvalue weighted by atomic mass is 10.1. The molecule has 1 aliphatic rings. The predicted molar refractivity (Wildman–Crippen MR) is 78.6 cm³/mol. The Kier molecular flexibility index (Phi) is 4.57. The molecule has 1 aromatic rings. The minimum absolute atomic E-state index is 0.0283. The molecule has 1 N–H and O–H groups in total. The van der Waals surface area contributed by atoms with Crippen molar-refractivity contribution >= 4 is 45.0 Å². The number of hydrogen-bond donors (Lipinski definition) is 1. The molecule has 1 fully saturated rings. The first-order valence-electron chi connectivity index (χ1n) is 5.81. The zero-order chi connectivity index (χ0) is 13.2. The van der Waals surface area contributed by atoms with Crippen molar-refractivity contribution in [2.45, 2.75) is 19.3 Å². The van der Waals surface area contributed by atoms with E-state index in [2.05, 4.69) is 21.2 Å². The first-order valence-corrected chi connectivity index (χ1v) is 7.69. The number of nitrogens with one attached hydrogen (secondary N) is 1. The number of hydrogen-bond acceptors (Lipinski definition) is 1. The Morgan fingerprint density at radius 1 is 1.33 bits per heavy atom. The van der Waals surface area contributed by atoms with Gasteiger partial charge in [-0.15, -0.1) is 0 Å². The number of benzene rings is 1. The van der Waals surface area contributed by atoms with E-state index in [4.69, 9.17) is 23.2 Å². The average Bonchev–Trinajstić information content (AvgIpc) is 3.12. The van der Waals surface area contributed by atoms with E-state index >= 15 is 0 Å². The molecule has 0 heterocycles. The normalized spacial score (nSPS) is 16.4. The monoisotopic (exact) mass is 349 g/mol. The molecule has 0 bridgehead atoms. The van der Waals surface area contributed by atoms with Crippen LogP contribution in [0, 0.1) is 5.41 Å². The van der Waals surface area contributed by atoms with E-state index in [0.717, 1.165) is 17.4 Å². The van der Waals surface area contributed by atoms with Crippen LogP contribution in [0.4, 0.5) is 0 Å². The minimum Gasteiger partial charge on any atom is -0.355 e. The molecule has 98 valence electrons. The van der Waals surface area contributed by atoms with E-state index in [1.165, 1.54) is 12.8 Å². The van der Waals surface area contributed by atoms with Crippen LogP contribution in [-0.2, 0) is 11.2 Å². The molecule has 2 nitrogen and oxygen atoms in total. The minimum atomic E-state index is 0.0283. The molecular weight excluding hydrogens is 337 g/mol. The number of amides is 1. The molecule has 0 aliphatic heterocycles. The molecule has 1 aromatic carbocycles. The summed E-state index contributed by atoms with van der Waals surface area (Å²) in [6.07, 6.45) is 2.71. The van der Waals surface area contributed by atoms with Gasteiger partial charge in [0, 0.05) is 11.9 Å². The lowest BCUT2D eigenvalue weighted by Crippen LogP contribution is -2.32. The molecule has 0 atom stereocenters. The van der Waals surface area contributed by atoms with Crippen LogP contribution in [0.1, 0.15) is 18.4 Å². The fourth-order valence-corrected chi connectivity index (χ4v) is 2.80. The third-order valence-corrected chi connectivity index (χ3v) is 5.18. The average molecular weight is 351 g/mol. The summed E-state index contributed by atoms with van der Waals surface area (Å²) in [5.74, 6) is 0.0283. The van der Waals surface area contributed by atoms with E-state index in [1.54, 1.807) is 12.1 Å². The summed E-state index contributed by atoms with van der Waals surface area (Å²) in [6, 6.07) is 5.28. The molecule has 1 aliphatic carbocycles. The van der Waals surface area contributed by atoms with E-state index in [-0.39, 0.29) is 5.91 Å². The summed E-state index contributed by atoms with van der Waals surface area (Å²) in [6.45, 7) is 0.748. The molecule has 1 saturated carbocycles. The molecule has 0 unspecified atom stereocenters. The topological polar surface area (TPSA) is 29.1 Å². The molecule has 18 heavy (non-hydrogen) atoms. The number of carbonyl (C=O) groups is 1. The maximum absolute atomic E-state index is 11.8. The van der Waals surface area contributed by atoms with Gasteiger partial charge in [0.2, 0.25) is 5.91 Å². The maximum Gasteiger partial charge on any atom is 0.224 e. The van der Waals surface area contributed by atoms with Crippen LogP contribution < -0.4 is 5.32 Å². The Hall–Kier alpha value is -0.250. The van der Waals surface area contributed by atoms with Gasteiger partial charge in [-0.1, -0.05) is 45.2 Å². The number of alkyl halides is 1. The third kappa shape index (κ3) is 3.62. The van der Waals surface area contributed by atoms with Gasteiger partial charge >= 0.3 is 0 Å². The molecule has 0 spiro atoms. The van der Waals surface area contributed by atoms with Crippen molar-refractivity contribution in [2.24, 2.45) is 5.41 Å². The highest BCUT2D eigenvalue weighted by molar-refractivity contribution is 9.09. The summed E-state index contributed by atoms with van der Waals surface area (Å²) in [7, 11) is 0. The second-order valence-electron chi connectivity index (χ2n) is 4.84. The van der Waals surface area contributed by atoms with Crippen LogP contribution >= 0.6 is 39.1 Å². The Labute approximate surface area is 125 Å². The van der Waals surface area contributed by atoms with Gasteiger partial charge < -0.3 is 5.32 Å². The Balaban J connectivity index is 1.85. The Morgan fingerprint density at radius 3 is 2.61 bits per heavy atom. The molecule has 1 amide bonds. The van der Waals surface area contributed by atoms with Crippen molar-refractivity contribution in [3.63, 3.8) is 0 Å². The second kappa shape index (κ2) is 5.81. The highest BCUT2D eigenvalue weighted by Gasteiger charge is 2.41. The standard InChI is InChI=1S/C13H14BrCl2NO/c14-7-13(3-4-13)8-17-12(18)6-9-1-2-10(15)11(16)5-9/h1-2,5H,3-4,6-8H2,(H,17,18). The van der Waals surface area contributed by atoms with Crippen molar-refractivity contribution in [1.29, 1.82) is 0 Å². The van der Waals surface area contributed by atoms with Crippen molar-refractivity contribution < 1.29 is 4.79 Å². The van der Waals surface area contributed by atoms with Crippen molar-refractivity contribution in [3.8, 4) is 0 Å². The van der Waals surface area contributed by atoms with Crippen molar-refractivity contribution in [2.75, 3.05) is 11.9 Å². The van der Waals surface area contributed by atoms with Crippen LogP contribution in [0.25, 0.3) is 0 Å². The fraction of sp³-hybridized carbons (Fsp3) is 0.462. The molecule has 5 heteroatoms. The molecule has 0 radical (unpaired) electrons. The van der Waals surface area contributed by atoms with Gasteiger partial charge in [0.1, 0.15) is 0 Å². The molecule has 0 aromatic heterocycles. The van der Waals surface area contributed by atoms with Crippen LogP contribution in [0.3, 0.4) is 0 Å². The summed E-state index contributed by atoms with van der Waals surface area (Å²) in [5, 5.41) is 4.92. The van der Waals surface area contributed by atoms with Gasteiger partial charge in [-0.3, -0.25) is 4.79 Å². The van der Waals surface area contributed by atoms with Crippen molar-refractivity contribution in [1.82, 2.24) is 5.32 Å². The summed E-state index contributed by atoms with van der Waals surface area (Å²) in [5.41, 5.74) is 1.18. The zero-order valence-electron chi connectivity index (χ0n) is 9.81. The van der Waals surface area contributed by atoms with Gasteiger partial charge in [-0.2, -0.15) is 0 Å². The summed E-state index contributed by atoms with van der Waals surface area (Å²) in [4.78, 5) is 11.8. The number of carbonyl (C=O) groups excluding carboxylic acids is 1. The zero-order valence-corrected chi connectivity index (χ0v) is 12.9. The molecule has 0 saturated heterocycles. The lowest BCUT2D eigenvalue weighted by molar-refractivity contribution is -0.120. The van der Waals surface area contributed by atoms with Crippen LogP contribution in [-0.4, -0.2) is 17.8 Å². The van der Waals surface area contributed by atoms with Crippen LogP contribution in [0.5, 0.6) is 0 Å². The first kappa shape index (κ1) is 14.2. The van der Waals surface area contributed by atoms with Gasteiger partial charge in [-0.25, -0.2) is 0 Å². The highest BCUT2D eigenvalue weighted by atomic mass is 79.9. The number of rotatable bonds is 5. The maximum atomic E-state index is 11.8.